The maximum atomic E-state index is 4.54. The first-order chi connectivity index (χ1) is 11.7. The average molecular weight is 327 g/mol. The Morgan fingerprint density at radius 1 is 1.17 bits per heavy atom. The summed E-state index contributed by atoms with van der Waals surface area (Å²) in [5.41, 5.74) is 2.43. The molecule has 2 aromatic heterocycles. The normalized spacial score (nSPS) is 18.9. The van der Waals surface area contributed by atoms with Crippen LogP contribution in [0.2, 0.25) is 0 Å². The molecule has 1 aliphatic heterocycles. The van der Waals surface area contributed by atoms with Crippen molar-refractivity contribution in [3.8, 4) is 0 Å². The van der Waals surface area contributed by atoms with E-state index >= 15 is 0 Å². The van der Waals surface area contributed by atoms with Gasteiger partial charge in [0.15, 0.2) is 0 Å². The third-order valence-electron chi connectivity index (χ3n) is 4.76. The van der Waals surface area contributed by atoms with Crippen LogP contribution in [0.4, 0.5) is 0 Å². The zero-order valence-corrected chi connectivity index (χ0v) is 14.9. The highest BCUT2D eigenvalue weighted by atomic mass is 15.3. The zero-order chi connectivity index (χ0) is 16.8. The molecule has 5 nitrogen and oxygen atoms in total. The Labute approximate surface area is 145 Å². The largest absolute Gasteiger partial charge is 0.317 e. The van der Waals surface area contributed by atoms with Gasteiger partial charge in [0.1, 0.15) is 0 Å². The van der Waals surface area contributed by atoms with E-state index in [2.05, 4.69) is 57.0 Å². The van der Waals surface area contributed by atoms with Gasteiger partial charge in [-0.1, -0.05) is 6.07 Å². The van der Waals surface area contributed by atoms with Gasteiger partial charge in [0.2, 0.25) is 0 Å². The van der Waals surface area contributed by atoms with E-state index in [1.54, 1.807) is 0 Å². The van der Waals surface area contributed by atoms with Crippen LogP contribution in [0.25, 0.3) is 0 Å². The molecule has 0 aromatic carbocycles. The van der Waals surface area contributed by atoms with Crippen molar-refractivity contribution in [1.82, 2.24) is 25.0 Å². The van der Waals surface area contributed by atoms with E-state index in [-0.39, 0.29) is 0 Å². The second-order valence-corrected chi connectivity index (χ2v) is 6.92. The number of pyridine rings is 1. The van der Waals surface area contributed by atoms with Crippen LogP contribution in [0.3, 0.4) is 0 Å². The summed E-state index contributed by atoms with van der Waals surface area (Å²) in [7, 11) is 0. The molecule has 5 heteroatoms. The van der Waals surface area contributed by atoms with Crippen LogP contribution >= 0.6 is 0 Å². The summed E-state index contributed by atoms with van der Waals surface area (Å²) < 4.78 is 2.14. The van der Waals surface area contributed by atoms with Crippen LogP contribution in [0.5, 0.6) is 0 Å². The number of hydrogen-bond acceptors (Lipinski definition) is 4. The molecule has 1 atom stereocenters. The van der Waals surface area contributed by atoms with Gasteiger partial charge in [-0.05, 0) is 64.4 Å². The van der Waals surface area contributed by atoms with E-state index in [1.807, 2.05) is 18.5 Å². The van der Waals surface area contributed by atoms with Crippen molar-refractivity contribution >= 4 is 0 Å². The highest BCUT2D eigenvalue weighted by Crippen LogP contribution is 2.20. The van der Waals surface area contributed by atoms with Gasteiger partial charge in [-0.2, -0.15) is 5.10 Å². The number of aromatic nitrogens is 3. The number of nitrogens with zero attached hydrogens (tertiary/aromatic N) is 4. The van der Waals surface area contributed by atoms with Gasteiger partial charge in [0, 0.05) is 37.6 Å². The minimum atomic E-state index is 0.391. The minimum Gasteiger partial charge on any atom is -0.317 e. The lowest BCUT2D eigenvalue weighted by Crippen LogP contribution is -2.36. The second-order valence-electron chi connectivity index (χ2n) is 6.92. The molecule has 1 unspecified atom stereocenters. The topological polar surface area (TPSA) is 46.0 Å². The zero-order valence-electron chi connectivity index (χ0n) is 14.9. The Morgan fingerprint density at radius 2 is 2.08 bits per heavy atom. The van der Waals surface area contributed by atoms with Crippen LogP contribution in [-0.2, 0) is 13.1 Å². The van der Waals surface area contributed by atoms with Crippen molar-refractivity contribution in [3.05, 3.63) is 48.0 Å². The fourth-order valence-electron chi connectivity index (χ4n) is 3.52. The summed E-state index contributed by atoms with van der Waals surface area (Å²) in [5, 5.41) is 8.03. The molecule has 130 valence electrons. The monoisotopic (exact) mass is 327 g/mol. The third kappa shape index (κ3) is 4.42. The molecule has 0 spiro atoms. The Bertz CT molecular complexity index is 599. The molecular formula is C19H29N5. The van der Waals surface area contributed by atoms with E-state index in [1.165, 1.54) is 25.0 Å². The maximum absolute atomic E-state index is 4.54. The van der Waals surface area contributed by atoms with E-state index in [9.17, 15) is 0 Å². The maximum Gasteiger partial charge on any atom is 0.0544 e. The van der Waals surface area contributed by atoms with E-state index in [0.29, 0.717) is 12.1 Å². The van der Waals surface area contributed by atoms with Crippen molar-refractivity contribution in [2.75, 3.05) is 13.1 Å². The van der Waals surface area contributed by atoms with Crippen LogP contribution in [-0.4, -0.2) is 38.8 Å². The molecule has 3 rings (SSSR count). The Balaban J connectivity index is 1.79. The molecule has 0 saturated carbocycles. The van der Waals surface area contributed by atoms with Gasteiger partial charge in [-0.25, -0.2) is 0 Å². The molecule has 2 aromatic rings. The summed E-state index contributed by atoms with van der Waals surface area (Å²) in [6.45, 7) is 8.45. The molecule has 1 aliphatic rings. The summed E-state index contributed by atoms with van der Waals surface area (Å²) in [4.78, 5) is 7.13. The summed E-state index contributed by atoms with van der Waals surface area (Å²) >= 11 is 0. The van der Waals surface area contributed by atoms with Gasteiger partial charge in [-0.15, -0.1) is 0 Å². The molecule has 24 heavy (non-hydrogen) atoms. The Kier molecular flexibility index (Phi) is 5.99. The molecule has 0 aliphatic carbocycles. The van der Waals surface area contributed by atoms with Gasteiger partial charge in [0.25, 0.3) is 0 Å². The number of nitrogens with one attached hydrogen (secondary N) is 1. The lowest BCUT2D eigenvalue weighted by Gasteiger charge is -2.31. The van der Waals surface area contributed by atoms with Crippen molar-refractivity contribution in [2.24, 2.45) is 0 Å². The van der Waals surface area contributed by atoms with E-state index in [0.717, 1.165) is 31.9 Å². The molecule has 3 heterocycles. The Morgan fingerprint density at radius 3 is 2.88 bits per heavy atom. The quantitative estimate of drug-likeness (QED) is 0.886. The van der Waals surface area contributed by atoms with Crippen LogP contribution in [0.15, 0.2) is 36.7 Å². The summed E-state index contributed by atoms with van der Waals surface area (Å²) in [5.74, 6) is 0. The molecule has 1 N–H and O–H groups in total. The first-order valence-electron chi connectivity index (χ1n) is 9.11. The summed E-state index contributed by atoms with van der Waals surface area (Å²) in [6.07, 6.45) is 7.49. The van der Waals surface area contributed by atoms with Crippen LogP contribution in [0, 0.1) is 0 Å². The lowest BCUT2D eigenvalue weighted by atomic mass is 10.1. The fraction of sp³-hybridized carbons (Fsp3) is 0.579. The first-order valence-corrected chi connectivity index (χ1v) is 9.11. The van der Waals surface area contributed by atoms with Crippen LogP contribution in [0.1, 0.15) is 50.5 Å². The third-order valence-corrected chi connectivity index (χ3v) is 4.76. The van der Waals surface area contributed by atoms with Crippen molar-refractivity contribution in [1.29, 1.82) is 0 Å². The standard InChI is InChI=1S/C19H29N5/c1-16(2)24-19(9-13-22-24)15-23(14-17-6-3-4-11-21-17)18-7-5-10-20-12-8-18/h3-4,6,9,11,13,16,18,20H,5,7-8,10,12,14-15H2,1-2H3. The second kappa shape index (κ2) is 8.40. The van der Waals surface area contributed by atoms with Crippen LogP contribution < -0.4 is 5.32 Å². The van der Waals surface area contributed by atoms with Gasteiger partial charge >= 0.3 is 0 Å². The van der Waals surface area contributed by atoms with Gasteiger partial charge in [-0.3, -0.25) is 14.6 Å². The predicted octanol–water partition coefficient (Wildman–Crippen LogP) is 3.00. The first kappa shape index (κ1) is 17.1. The van der Waals surface area contributed by atoms with Crippen molar-refractivity contribution < 1.29 is 0 Å². The lowest BCUT2D eigenvalue weighted by molar-refractivity contribution is 0.156. The van der Waals surface area contributed by atoms with Crippen molar-refractivity contribution in [2.45, 2.75) is 58.3 Å². The fourth-order valence-corrected chi connectivity index (χ4v) is 3.52. The molecule has 0 radical (unpaired) electrons. The van der Waals surface area contributed by atoms with E-state index in [4.69, 9.17) is 0 Å². The molecular weight excluding hydrogens is 298 g/mol. The predicted molar refractivity (Wildman–Crippen MR) is 96.6 cm³/mol. The molecule has 0 bridgehead atoms. The number of rotatable bonds is 6. The highest BCUT2D eigenvalue weighted by Gasteiger charge is 2.22. The minimum absolute atomic E-state index is 0.391. The SMILES string of the molecule is CC(C)n1nccc1CN(Cc1ccccn1)C1CCCNCC1. The number of hydrogen-bond donors (Lipinski definition) is 1. The van der Waals surface area contributed by atoms with E-state index < -0.39 is 0 Å². The summed E-state index contributed by atoms with van der Waals surface area (Å²) in [6, 6.07) is 9.33. The Hall–Kier alpha value is -1.72. The molecule has 1 fully saturated rings. The highest BCUT2D eigenvalue weighted by molar-refractivity contribution is 5.06. The van der Waals surface area contributed by atoms with Gasteiger partial charge in [0.05, 0.1) is 11.4 Å². The average Bonchev–Trinajstić information content (AvgIpc) is 2.88. The smallest absolute Gasteiger partial charge is 0.0544 e. The van der Waals surface area contributed by atoms with Crippen molar-refractivity contribution in [3.63, 3.8) is 0 Å². The van der Waals surface area contributed by atoms with Gasteiger partial charge < -0.3 is 5.32 Å². The molecule has 1 saturated heterocycles. The molecule has 0 amide bonds.